The number of carbonyl (C=O) groups is 1. The monoisotopic (exact) mass is 322 g/mol. The number of aliphatic hydroxyl groups is 1. The Bertz CT molecular complexity index is 470. The molecule has 1 heterocycles. The van der Waals surface area contributed by atoms with Gasteiger partial charge < -0.3 is 19.5 Å². The second-order valence-corrected chi connectivity index (χ2v) is 5.57. The molecule has 0 radical (unpaired) electrons. The van der Waals surface area contributed by atoms with Crippen molar-refractivity contribution < 1.29 is 19.4 Å². The molecule has 128 valence electrons. The largest absolute Gasteiger partial charge is 0.497 e. The Labute approximate surface area is 137 Å². The molecule has 1 aromatic carbocycles. The van der Waals surface area contributed by atoms with Crippen LogP contribution in [0.4, 0.5) is 0 Å². The topological polar surface area (TPSA) is 62.2 Å². The third-order valence-electron chi connectivity index (χ3n) is 4.00. The van der Waals surface area contributed by atoms with Crippen LogP contribution in [0.3, 0.4) is 0 Å². The molecular formula is C17H26N2O4. The fourth-order valence-corrected chi connectivity index (χ4v) is 2.61. The zero-order valence-corrected chi connectivity index (χ0v) is 13.7. The first-order valence-corrected chi connectivity index (χ1v) is 8.11. The van der Waals surface area contributed by atoms with Crippen LogP contribution in [0, 0.1) is 0 Å². The zero-order valence-electron chi connectivity index (χ0n) is 13.7. The van der Waals surface area contributed by atoms with Gasteiger partial charge in [0.15, 0.2) is 0 Å². The molecule has 1 aliphatic heterocycles. The summed E-state index contributed by atoms with van der Waals surface area (Å²) in [6, 6.07) is 7.43. The minimum absolute atomic E-state index is 0.177. The number of nitrogens with zero attached hydrogens (tertiary/aromatic N) is 2. The van der Waals surface area contributed by atoms with Crippen LogP contribution in [0.1, 0.15) is 12.8 Å². The van der Waals surface area contributed by atoms with Crippen LogP contribution in [0.5, 0.6) is 11.5 Å². The summed E-state index contributed by atoms with van der Waals surface area (Å²) >= 11 is 0. The second kappa shape index (κ2) is 9.37. The van der Waals surface area contributed by atoms with E-state index in [1.54, 1.807) is 7.11 Å². The number of hydrogen-bond acceptors (Lipinski definition) is 5. The quantitative estimate of drug-likeness (QED) is 0.723. The van der Waals surface area contributed by atoms with Gasteiger partial charge in [-0.25, -0.2) is 0 Å². The van der Waals surface area contributed by atoms with Crippen molar-refractivity contribution >= 4 is 5.91 Å². The molecule has 0 aliphatic carbocycles. The molecule has 1 amide bonds. The molecule has 0 unspecified atom stereocenters. The average molecular weight is 322 g/mol. The first-order valence-electron chi connectivity index (χ1n) is 8.11. The van der Waals surface area contributed by atoms with E-state index in [4.69, 9.17) is 14.6 Å². The fraction of sp³-hybridized carbons (Fsp3) is 0.588. The maximum atomic E-state index is 12.1. The van der Waals surface area contributed by atoms with E-state index in [-0.39, 0.29) is 12.5 Å². The number of hydrogen-bond donors (Lipinski definition) is 1. The number of β-amino-alcohol motifs (C(OH)–C–C–N with tert-alkyl or cyclic N) is 1. The van der Waals surface area contributed by atoms with Crippen molar-refractivity contribution in [1.82, 2.24) is 9.80 Å². The molecule has 1 N–H and O–H groups in total. The van der Waals surface area contributed by atoms with Gasteiger partial charge in [-0.2, -0.15) is 0 Å². The molecule has 1 aromatic rings. The summed E-state index contributed by atoms with van der Waals surface area (Å²) in [6.07, 6.45) is 1.22. The summed E-state index contributed by atoms with van der Waals surface area (Å²) in [5, 5.41) is 8.92. The Hall–Kier alpha value is -1.79. The molecule has 6 nitrogen and oxygen atoms in total. The molecule has 6 heteroatoms. The van der Waals surface area contributed by atoms with Crippen LogP contribution in [0.25, 0.3) is 0 Å². The Balaban J connectivity index is 1.61. The maximum Gasteiger partial charge on any atom is 0.222 e. The summed E-state index contributed by atoms with van der Waals surface area (Å²) in [5.41, 5.74) is 0. The highest BCUT2D eigenvalue weighted by Gasteiger charge is 2.20. The van der Waals surface area contributed by atoms with E-state index in [0.717, 1.165) is 37.7 Å². The van der Waals surface area contributed by atoms with E-state index < -0.39 is 0 Å². The van der Waals surface area contributed by atoms with Crippen molar-refractivity contribution in [2.24, 2.45) is 0 Å². The third kappa shape index (κ3) is 5.73. The molecule has 0 bridgehead atoms. The van der Waals surface area contributed by atoms with Crippen LogP contribution in [0.2, 0.25) is 0 Å². The molecule has 1 saturated heterocycles. The lowest BCUT2D eigenvalue weighted by Crippen LogP contribution is -2.49. The van der Waals surface area contributed by atoms with Crippen molar-refractivity contribution in [2.75, 3.05) is 53.0 Å². The van der Waals surface area contributed by atoms with Gasteiger partial charge in [-0.05, 0) is 30.7 Å². The molecule has 0 aromatic heterocycles. The number of benzene rings is 1. The van der Waals surface area contributed by atoms with Crippen molar-refractivity contribution in [2.45, 2.75) is 12.8 Å². The summed E-state index contributed by atoms with van der Waals surface area (Å²) < 4.78 is 10.7. The highest BCUT2D eigenvalue weighted by molar-refractivity contribution is 5.76. The summed E-state index contributed by atoms with van der Waals surface area (Å²) in [5.74, 6) is 1.77. The molecule has 0 saturated carbocycles. The van der Waals surface area contributed by atoms with Gasteiger partial charge in [-0.15, -0.1) is 0 Å². The average Bonchev–Trinajstić information content (AvgIpc) is 2.60. The smallest absolute Gasteiger partial charge is 0.222 e. The van der Waals surface area contributed by atoms with Gasteiger partial charge in [0.25, 0.3) is 0 Å². The number of carbonyl (C=O) groups excluding carboxylic acids is 1. The molecule has 0 spiro atoms. The van der Waals surface area contributed by atoms with E-state index >= 15 is 0 Å². The lowest BCUT2D eigenvalue weighted by molar-refractivity contribution is -0.133. The van der Waals surface area contributed by atoms with Crippen LogP contribution in [0.15, 0.2) is 24.3 Å². The standard InChI is InChI=1S/C17H26N2O4/c1-22-15-4-6-16(7-5-15)23-14-2-3-17(21)19-10-8-18(9-11-19)12-13-20/h4-7,20H,2-3,8-14H2,1H3. The molecule has 1 aliphatic rings. The molecule has 1 fully saturated rings. The first kappa shape index (κ1) is 17.6. The first-order chi connectivity index (χ1) is 11.2. The predicted molar refractivity (Wildman–Crippen MR) is 87.8 cm³/mol. The van der Waals surface area contributed by atoms with Gasteiger partial charge in [0, 0.05) is 39.1 Å². The molecule has 2 rings (SSSR count). The lowest BCUT2D eigenvalue weighted by atomic mass is 10.2. The highest BCUT2D eigenvalue weighted by Crippen LogP contribution is 2.17. The third-order valence-corrected chi connectivity index (χ3v) is 4.00. The lowest BCUT2D eigenvalue weighted by Gasteiger charge is -2.34. The van der Waals surface area contributed by atoms with E-state index in [0.29, 0.717) is 26.0 Å². The normalized spacial score (nSPS) is 15.5. The number of rotatable bonds is 8. The van der Waals surface area contributed by atoms with E-state index in [1.807, 2.05) is 29.2 Å². The van der Waals surface area contributed by atoms with E-state index in [2.05, 4.69) is 4.90 Å². The van der Waals surface area contributed by atoms with Gasteiger partial charge >= 0.3 is 0 Å². The molecule has 23 heavy (non-hydrogen) atoms. The molecule has 0 atom stereocenters. The van der Waals surface area contributed by atoms with E-state index in [9.17, 15) is 4.79 Å². The van der Waals surface area contributed by atoms with E-state index in [1.165, 1.54) is 0 Å². The van der Waals surface area contributed by atoms with Crippen molar-refractivity contribution in [3.8, 4) is 11.5 Å². The highest BCUT2D eigenvalue weighted by atomic mass is 16.5. The number of piperazine rings is 1. The van der Waals surface area contributed by atoms with Crippen LogP contribution >= 0.6 is 0 Å². The van der Waals surface area contributed by atoms with Crippen molar-refractivity contribution in [3.05, 3.63) is 24.3 Å². The SMILES string of the molecule is COc1ccc(OCCCC(=O)N2CCN(CCO)CC2)cc1. The fourth-order valence-electron chi connectivity index (χ4n) is 2.61. The number of methoxy groups -OCH3 is 1. The van der Waals surface area contributed by atoms with Gasteiger partial charge in [-0.1, -0.05) is 0 Å². The zero-order chi connectivity index (χ0) is 16.5. The van der Waals surface area contributed by atoms with Crippen molar-refractivity contribution in [3.63, 3.8) is 0 Å². The number of aliphatic hydroxyl groups excluding tert-OH is 1. The van der Waals surface area contributed by atoms with Gasteiger partial charge in [0.05, 0.1) is 20.3 Å². The maximum absolute atomic E-state index is 12.1. The minimum Gasteiger partial charge on any atom is -0.497 e. The Morgan fingerprint density at radius 2 is 1.78 bits per heavy atom. The summed E-state index contributed by atoms with van der Waals surface area (Å²) in [4.78, 5) is 16.2. The minimum atomic E-state index is 0.177. The Morgan fingerprint density at radius 3 is 2.39 bits per heavy atom. The van der Waals surface area contributed by atoms with Crippen molar-refractivity contribution in [1.29, 1.82) is 0 Å². The summed E-state index contributed by atoms with van der Waals surface area (Å²) in [6.45, 7) is 4.58. The van der Waals surface area contributed by atoms with Crippen LogP contribution < -0.4 is 9.47 Å². The number of amides is 1. The Kier molecular flexibility index (Phi) is 7.16. The van der Waals surface area contributed by atoms with Crippen LogP contribution in [-0.2, 0) is 4.79 Å². The summed E-state index contributed by atoms with van der Waals surface area (Å²) in [7, 11) is 1.63. The van der Waals surface area contributed by atoms with Gasteiger partial charge in [-0.3, -0.25) is 9.69 Å². The Morgan fingerprint density at radius 1 is 1.13 bits per heavy atom. The molecular weight excluding hydrogens is 296 g/mol. The van der Waals surface area contributed by atoms with Crippen LogP contribution in [-0.4, -0.2) is 73.9 Å². The van der Waals surface area contributed by atoms with Gasteiger partial charge in [0.1, 0.15) is 11.5 Å². The second-order valence-electron chi connectivity index (χ2n) is 5.57. The number of ether oxygens (including phenoxy) is 2. The van der Waals surface area contributed by atoms with Gasteiger partial charge in [0.2, 0.25) is 5.91 Å². The predicted octanol–water partition coefficient (Wildman–Crippen LogP) is 0.991.